The van der Waals surface area contributed by atoms with Crippen molar-refractivity contribution in [2.45, 2.75) is 25.2 Å². The summed E-state index contributed by atoms with van der Waals surface area (Å²) in [4.78, 5) is 0. The van der Waals surface area contributed by atoms with Crippen LogP contribution in [-0.2, 0) is 14.9 Å². The van der Waals surface area contributed by atoms with Crippen LogP contribution in [0.25, 0.3) is 0 Å². The second-order valence-electron chi connectivity index (χ2n) is 4.55. The van der Waals surface area contributed by atoms with Crippen LogP contribution in [-0.4, -0.2) is 34.3 Å². The monoisotopic (exact) mass is 344 g/mol. The SMILES string of the molecule is CO[C@@H](c1ccc(F)cc1)[C@H](C)NS(=O)(=O)NCC(F)(F)F. The van der Waals surface area contributed by atoms with Crippen molar-refractivity contribution in [1.82, 2.24) is 9.44 Å². The molecule has 126 valence electrons. The van der Waals surface area contributed by atoms with Gasteiger partial charge in [0.1, 0.15) is 12.4 Å². The van der Waals surface area contributed by atoms with Gasteiger partial charge in [-0.25, -0.2) is 4.39 Å². The van der Waals surface area contributed by atoms with Gasteiger partial charge in [-0.1, -0.05) is 12.1 Å². The third kappa shape index (κ3) is 6.26. The molecule has 0 aliphatic heterocycles. The van der Waals surface area contributed by atoms with Gasteiger partial charge in [-0.15, -0.1) is 0 Å². The van der Waals surface area contributed by atoms with Crippen LogP contribution in [0.5, 0.6) is 0 Å². The molecule has 0 bridgehead atoms. The molecule has 2 N–H and O–H groups in total. The molecule has 0 radical (unpaired) electrons. The highest BCUT2D eigenvalue weighted by Gasteiger charge is 2.31. The van der Waals surface area contributed by atoms with Crippen LogP contribution in [0.15, 0.2) is 24.3 Å². The lowest BCUT2D eigenvalue weighted by molar-refractivity contribution is -0.121. The predicted molar refractivity (Wildman–Crippen MR) is 71.7 cm³/mol. The molecule has 1 rings (SSSR count). The molecule has 0 aliphatic carbocycles. The Morgan fingerprint density at radius 3 is 2.23 bits per heavy atom. The Kier molecular flexibility index (Phi) is 6.29. The van der Waals surface area contributed by atoms with Gasteiger partial charge >= 0.3 is 6.18 Å². The van der Waals surface area contributed by atoms with Gasteiger partial charge in [0.15, 0.2) is 0 Å². The number of alkyl halides is 3. The molecule has 0 fully saturated rings. The number of hydrogen-bond donors (Lipinski definition) is 2. The van der Waals surface area contributed by atoms with E-state index >= 15 is 0 Å². The maximum absolute atomic E-state index is 12.9. The number of nitrogens with one attached hydrogen (secondary N) is 2. The molecule has 0 aromatic heterocycles. The summed E-state index contributed by atoms with van der Waals surface area (Å²) in [7, 11) is -3.05. The van der Waals surface area contributed by atoms with Gasteiger partial charge < -0.3 is 4.74 Å². The summed E-state index contributed by atoms with van der Waals surface area (Å²) in [5.41, 5.74) is 0.481. The van der Waals surface area contributed by atoms with Crippen molar-refractivity contribution in [1.29, 1.82) is 0 Å². The summed E-state index contributed by atoms with van der Waals surface area (Å²) in [5.74, 6) is -0.473. The molecule has 0 saturated carbocycles. The first-order valence-electron chi connectivity index (χ1n) is 6.16. The van der Waals surface area contributed by atoms with Gasteiger partial charge in [0.05, 0.1) is 12.1 Å². The Balaban J connectivity index is 2.76. The van der Waals surface area contributed by atoms with Crippen LogP contribution in [0.3, 0.4) is 0 Å². The second kappa shape index (κ2) is 7.36. The Labute approximate surface area is 125 Å². The first-order chi connectivity index (χ1) is 10.0. The molecule has 1 aromatic rings. The molecule has 0 amide bonds. The van der Waals surface area contributed by atoms with E-state index in [0.717, 1.165) is 0 Å². The highest BCUT2D eigenvalue weighted by Crippen LogP contribution is 2.21. The van der Waals surface area contributed by atoms with Crippen LogP contribution in [0, 0.1) is 5.82 Å². The number of benzene rings is 1. The maximum Gasteiger partial charge on any atom is 0.402 e. The van der Waals surface area contributed by atoms with Gasteiger partial charge in [0.2, 0.25) is 0 Å². The molecule has 5 nitrogen and oxygen atoms in total. The zero-order valence-electron chi connectivity index (χ0n) is 11.8. The quantitative estimate of drug-likeness (QED) is 0.743. The molecule has 1 aromatic carbocycles. The Morgan fingerprint density at radius 1 is 1.23 bits per heavy atom. The van der Waals surface area contributed by atoms with E-state index < -0.39 is 40.9 Å². The molecule has 0 aliphatic rings. The number of hydrogen-bond acceptors (Lipinski definition) is 3. The lowest BCUT2D eigenvalue weighted by Crippen LogP contribution is -2.46. The van der Waals surface area contributed by atoms with Crippen LogP contribution >= 0.6 is 0 Å². The van der Waals surface area contributed by atoms with Crippen molar-refractivity contribution >= 4 is 10.2 Å². The minimum absolute atomic E-state index is 0.473. The van der Waals surface area contributed by atoms with Crippen molar-refractivity contribution in [3.63, 3.8) is 0 Å². The molecular formula is C12H16F4N2O3S. The Morgan fingerprint density at radius 2 is 1.77 bits per heavy atom. The first kappa shape index (κ1) is 18.8. The van der Waals surface area contributed by atoms with E-state index in [1.54, 1.807) is 0 Å². The fourth-order valence-corrected chi connectivity index (χ4v) is 2.86. The Bertz CT molecular complexity index is 575. The third-order valence-electron chi connectivity index (χ3n) is 2.71. The van der Waals surface area contributed by atoms with Crippen molar-refractivity contribution in [2.75, 3.05) is 13.7 Å². The molecular weight excluding hydrogens is 328 g/mol. The highest BCUT2D eigenvalue weighted by atomic mass is 32.2. The molecule has 10 heteroatoms. The van der Waals surface area contributed by atoms with Gasteiger partial charge in [0, 0.05) is 7.11 Å². The van der Waals surface area contributed by atoms with Crippen LogP contribution in [0.2, 0.25) is 0 Å². The number of ether oxygens (including phenoxy) is 1. The highest BCUT2D eigenvalue weighted by molar-refractivity contribution is 7.87. The van der Waals surface area contributed by atoms with E-state index in [9.17, 15) is 26.0 Å². The smallest absolute Gasteiger partial charge is 0.375 e. The van der Waals surface area contributed by atoms with Gasteiger partial charge in [-0.05, 0) is 24.6 Å². The lowest BCUT2D eigenvalue weighted by Gasteiger charge is -2.24. The second-order valence-corrected chi connectivity index (χ2v) is 6.09. The van der Waals surface area contributed by atoms with Gasteiger partial charge in [0.25, 0.3) is 10.2 Å². The maximum atomic E-state index is 12.9. The summed E-state index contributed by atoms with van der Waals surface area (Å²) in [6.07, 6.45) is -5.45. The van der Waals surface area contributed by atoms with Gasteiger partial charge in [-0.2, -0.15) is 31.0 Å². The summed E-state index contributed by atoms with van der Waals surface area (Å²) in [6, 6.07) is 4.27. The zero-order valence-corrected chi connectivity index (χ0v) is 12.6. The summed E-state index contributed by atoms with van der Waals surface area (Å²) < 4.78 is 80.6. The summed E-state index contributed by atoms with van der Waals surface area (Å²) in [6.45, 7) is -0.256. The van der Waals surface area contributed by atoms with E-state index in [4.69, 9.17) is 4.74 Å². The van der Waals surface area contributed by atoms with Crippen molar-refractivity contribution in [3.05, 3.63) is 35.6 Å². The zero-order chi connectivity index (χ0) is 17.0. The number of halogens is 4. The van der Waals surface area contributed by atoms with Crippen molar-refractivity contribution < 1.29 is 30.7 Å². The minimum Gasteiger partial charge on any atom is -0.375 e. The molecule has 22 heavy (non-hydrogen) atoms. The topological polar surface area (TPSA) is 67.4 Å². The number of rotatable bonds is 7. The van der Waals surface area contributed by atoms with Crippen molar-refractivity contribution in [3.8, 4) is 0 Å². The predicted octanol–water partition coefficient (Wildman–Crippen LogP) is 1.89. The minimum atomic E-state index is -4.66. The van der Waals surface area contributed by atoms with Gasteiger partial charge in [-0.3, -0.25) is 0 Å². The fourth-order valence-electron chi connectivity index (χ4n) is 1.81. The van der Waals surface area contributed by atoms with E-state index in [2.05, 4.69) is 0 Å². The average molecular weight is 344 g/mol. The molecule has 0 spiro atoms. The molecule has 0 heterocycles. The standard InChI is InChI=1S/C12H16F4N2O3S/c1-8(18-22(19,20)17-7-12(14,15)16)11(21-2)9-3-5-10(13)6-4-9/h3-6,8,11,17-18H,7H2,1-2H3/t8-,11+/m0/s1. The molecule has 0 saturated heterocycles. The largest absolute Gasteiger partial charge is 0.402 e. The average Bonchev–Trinajstić information content (AvgIpc) is 2.38. The third-order valence-corrected chi connectivity index (χ3v) is 3.92. The van der Waals surface area contributed by atoms with Crippen LogP contribution in [0.1, 0.15) is 18.6 Å². The van der Waals surface area contributed by atoms with E-state index in [1.165, 1.54) is 43.0 Å². The van der Waals surface area contributed by atoms with E-state index in [1.807, 2.05) is 4.72 Å². The molecule has 2 atom stereocenters. The van der Waals surface area contributed by atoms with E-state index in [-0.39, 0.29) is 0 Å². The molecule has 0 unspecified atom stereocenters. The lowest BCUT2D eigenvalue weighted by atomic mass is 10.0. The summed E-state index contributed by atoms with van der Waals surface area (Å²) in [5, 5.41) is 0. The summed E-state index contributed by atoms with van der Waals surface area (Å²) >= 11 is 0. The Hall–Kier alpha value is -1.23. The normalized spacial score (nSPS) is 15.5. The van der Waals surface area contributed by atoms with E-state index in [0.29, 0.717) is 5.56 Å². The fraction of sp³-hybridized carbons (Fsp3) is 0.500. The first-order valence-corrected chi connectivity index (χ1v) is 7.64. The van der Waals surface area contributed by atoms with Crippen LogP contribution in [0.4, 0.5) is 17.6 Å². The van der Waals surface area contributed by atoms with Crippen molar-refractivity contribution in [2.24, 2.45) is 0 Å². The van der Waals surface area contributed by atoms with Crippen LogP contribution < -0.4 is 9.44 Å². The number of methoxy groups -OCH3 is 1.